The monoisotopic (exact) mass is 407 g/mol. The zero-order valence-corrected chi connectivity index (χ0v) is 17.4. The van der Waals surface area contributed by atoms with E-state index in [4.69, 9.17) is 14.0 Å². The van der Waals surface area contributed by atoms with Gasteiger partial charge < -0.3 is 14.0 Å². The second-order valence-electron chi connectivity index (χ2n) is 8.11. The average Bonchev–Trinajstić information content (AvgIpc) is 3.25. The van der Waals surface area contributed by atoms with Gasteiger partial charge in [-0.05, 0) is 70.2 Å². The molecule has 1 saturated heterocycles. The third-order valence-electron chi connectivity index (χ3n) is 5.36. The molecular formula is C22H23BFN3O3. The first-order valence-electron chi connectivity index (χ1n) is 9.72. The molecule has 0 atom stereocenters. The minimum Gasteiger partial charge on any atom is -0.457 e. The second-order valence-corrected chi connectivity index (χ2v) is 8.11. The number of benzene rings is 2. The van der Waals surface area contributed by atoms with Crippen LogP contribution in [0.4, 0.5) is 4.39 Å². The molecule has 0 unspecified atom stereocenters. The Hall–Kier alpha value is -2.97. The van der Waals surface area contributed by atoms with Crippen molar-refractivity contribution in [2.45, 2.75) is 38.9 Å². The van der Waals surface area contributed by atoms with Crippen LogP contribution in [0.2, 0.25) is 0 Å². The summed E-state index contributed by atoms with van der Waals surface area (Å²) in [4.78, 5) is 0. The summed E-state index contributed by atoms with van der Waals surface area (Å²) in [6.45, 7) is 7.51. The largest absolute Gasteiger partial charge is 0.525 e. The van der Waals surface area contributed by atoms with E-state index in [1.54, 1.807) is 10.9 Å². The molecule has 30 heavy (non-hydrogen) atoms. The maximum Gasteiger partial charge on any atom is 0.525 e. The van der Waals surface area contributed by atoms with Crippen LogP contribution in [0.5, 0.6) is 11.5 Å². The SMILES string of the molecule is CC1(C)OB(C(F)=Cc2cn(-c3ccc(Oc4ccccc4)cc3)nn2)OC1(C)C. The standard InChI is InChI=1S/C22H23BFN3O3/c1-21(2)22(3,4)30-23(29-21)20(24)14-16-15-27(26-25-16)17-10-12-19(13-11-17)28-18-8-6-5-7-9-18/h5-15H,1-4H3. The fraction of sp³-hybridized carbons (Fsp3) is 0.273. The zero-order valence-electron chi connectivity index (χ0n) is 17.4. The Morgan fingerprint density at radius 1 is 0.967 bits per heavy atom. The van der Waals surface area contributed by atoms with Crippen molar-refractivity contribution in [3.8, 4) is 17.2 Å². The van der Waals surface area contributed by atoms with Crippen LogP contribution in [0.3, 0.4) is 0 Å². The molecule has 0 aliphatic carbocycles. The topological polar surface area (TPSA) is 58.4 Å². The van der Waals surface area contributed by atoms with Gasteiger partial charge in [-0.15, -0.1) is 5.10 Å². The highest BCUT2D eigenvalue weighted by Crippen LogP contribution is 2.39. The molecule has 6 nitrogen and oxygen atoms in total. The van der Waals surface area contributed by atoms with Crippen LogP contribution in [0, 0.1) is 0 Å². The van der Waals surface area contributed by atoms with Gasteiger partial charge in [0.25, 0.3) is 0 Å². The van der Waals surface area contributed by atoms with Gasteiger partial charge in [0.1, 0.15) is 22.9 Å². The minimum absolute atomic E-state index is 0.367. The van der Waals surface area contributed by atoms with Crippen molar-refractivity contribution in [2.75, 3.05) is 0 Å². The molecule has 2 aromatic carbocycles. The smallest absolute Gasteiger partial charge is 0.457 e. The number of para-hydroxylation sites is 1. The van der Waals surface area contributed by atoms with E-state index in [-0.39, 0.29) is 0 Å². The Labute approximate surface area is 175 Å². The summed E-state index contributed by atoms with van der Waals surface area (Å²) in [6, 6.07) is 16.9. The lowest BCUT2D eigenvalue weighted by molar-refractivity contribution is 0.00578. The summed E-state index contributed by atoms with van der Waals surface area (Å²) in [5.74, 6) is 1.47. The van der Waals surface area contributed by atoms with Gasteiger partial charge in [0, 0.05) is 0 Å². The van der Waals surface area contributed by atoms with Gasteiger partial charge in [-0.3, -0.25) is 0 Å². The fourth-order valence-corrected chi connectivity index (χ4v) is 2.93. The van der Waals surface area contributed by atoms with E-state index in [9.17, 15) is 4.39 Å². The summed E-state index contributed by atoms with van der Waals surface area (Å²) in [6.07, 6.45) is 2.91. The summed E-state index contributed by atoms with van der Waals surface area (Å²) in [5.41, 5.74) is -0.619. The minimum atomic E-state index is -1.06. The Balaban J connectivity index is 1.46. The number of hydrogen-bond donors (Lipinski definition) is 0. The highest BCUT2D eigenvalue weighted by Gasteiger charge is 2.53. The molecule has 1 aliphatic rings. The summed E-state index contributed by atoms with van der Waals surface area (Å²) >= 11 is 0. The third kappa shape index (κ3) is 4.15. The summed E-state index contributed by atoms with van der Waals surface area (Å²) in [7, 11) is -1.06. The van der Waals surface area contributed by atoms with Gasteiger partial charge >= 0.3 is 7.12 Å². The molecule has 0 amide bonds. The normalized spacial score (nSPS) is 17.9. The van der Waals surface area contributed by atoms with E-state index in [2.05, 4.69) is 10.3 Å². The Kier molecular flexibility index (Phi) is 5.21. The predicted octanol–water partition coefficient (Wildman–Crippen LogP) is 5.00. The lowest BCUT2D eigenvalue weighted by atomic mass is 9.87. The van der Waals surface area contributed by atoms with Gasteiger partial charge in [0.05, 0.1) is 23.1 Å². The van der Waals surface area contributed by atoms with Crippen molar-refractivity contribution in [1.82, 2.24) is 15.0 Å². The number of aromatic nitrogens is 3. The van der Waals surface area contributed by atoms with Crippen molar-refractivity contribution in [3.63, 3.8) is 0 Å². The van der Waals surface area contributed by atoms with Gasteiger partial charge in [-0.2, -0.15) is 0 Å². The van der Waals surface area contributed by atoms with Gasteiger partial charge in [0.2, 0.25) is 0 Å². The molecule has 8 heteroatoms. The fourth-order valence-electron chi connectivity index (χ4n) is 2.93. The summed E-state index contributed by atoms with van der Waals surface area (Å²) < 4.78 is 33.5. The molecule has 2 heterocycles. The first-order valence-corrected chi connectivity index (χ1v) is 9.72. The van der Waals surface area contributed by atoms with Crippen LogP contribution < -0.4 is 4.74 Å². The van der Waals surface area contributed by atoms with E-state index in [1.807, 2.05) is 82.3 Å². The van der Waals surface area contributed by atoms with E-state index in [0.29, 0.717) is 11.4 Å². The number of rotatable bonds is 5. The Morgan fingerprint density at radius 3 is 2.20 bits per heavy atom. The molecule has 1 aromatic heterocycles. The van der Waals surface area contributed by atoms with Crippen LogP contribution >= 0.6 is 0 Å². The van der Waals surface area contributed by atoms with Crippen LogP contribution in [0.1, 0.15) is 33.4 Å². The molecule has 0 spiro atoms. The van der Waals surface area contributed by atoms with E-state index in [1.165, 1.54) is 6.08 Å². The first kappa shape index (κ1) is 20.3. The lowest BCUT2D eigenvalue weighted by Crippen LogP contribution is -2.41. The highest BCUT2D eigenvalue weighted by atomic mass is 19.1. The Bertz CT molecular complexity index is 1030. The van der Waals surface area contributed by atoms with Crippen molar-refractivity contribution in [1.29, 1.82) is 0 Å². The molecule has 154 valence electrons. The van der Waals surface area contributed by atoms with Gasteiger partial charge in [-0.25, -0.2) is 9.07 Å². The van der Waals surface area contributed by atoms with Crippen LogP contribution in [0.25, 0.3) is 11.8 Å². The van der Waals surface area contributed by atoms with Crippen molar-refractivity contribution >= 4 is 13.2 Å². The number of ether oxygens (including phenoxy) is 1. The molecule has 0 N–H and O–H groups in total. The molecule has 0 saturated carbocycles. The lowest BCUT2D eigenvalue weighted by Gasteiger charge is -2.32. The van der Waals surface area contributed by atoms with E-state index >= 15 is 0 Å². The highest BCUT2D eigenvalue weighted by molar-refractivity contribution is 6.54. The molecule has 1 aliphatic heterocycles. The number of nitrogens with zero attached hydrogens (tertiary/aromatic N) is 3. The van der Waals surface area contributed by atoms with E-state index in [0.717, 1.165) is 11.4 Å². The summed E-state index contributed by atoms with van der Waals surface area (Å²) in [5, 5.41) is 8.09. The van der Waals surface area contributed by atoms with Crippen LogP contribution in [-0.4, -0.2) is 33.3 Å². The quantitative estimate of drug-likeness (QED) is 0.557. The zero-order chi connectivity index (χ0) is 21.4. The van der Waals surface area contributed by atoms with Crippen molar-refractivity contribution in [2.24, 2.45) is 0 Å². The molecular weight excluding hydrogens is 384 g/mol. The van der Waals surface area contributed by atoms with E-state index < -0.39 is 24.0 Å². The molecule has 4 rings (SSSR count). The second kappa shape index (κ2) is 7.70. The van der Waals surface area contributed by atoms with Crippen LogP contribution in [-0.2, 0) is 9.31 Å². The molecule has 0 radical (unpaired) electrons. The van der Waals surface area contributed by atoms with Crippen LogP contribution in [0.15, 0.2) is 66.5 Å². The maximum absolute atomic E-state index is 14.7. The maximum atomic E-state index is 14.7. The molecule has 1 fully saturated rings. The molecule has 0 bridgehead atoms. The predicted molar refractivity (Wildman–Crippen MR) is 113 cm³/mol. The third-order valence-corrected chi connectivity index (χ3v) is 5.36. The van der Waals surface area contributed by atoms with Crippen molar-refractivity contribution < 1.29 is 18.4 Å². The van der Waals surface area contributed by atoms with Gasteiger partial charge in [-0.1, -0.05) is 23.4 Å². The Morgan fingerprint density at radius 2 is 1.57 bits per heavy atom. The average molecular weight is 407 g/mol. The first-order chi connectivity index (χ1) is 14.2. The molecule has 3 aromatic rings. The number of hydrogen-bond acceptors (Lipinski definition) is 5. The van der Waals surface area contributed by atoms with Crippen molar-refractivity contribution in [3.05, 3.63) is 72.2 Å². The van der Waals surface area contributed by atoms with Gasteiger partial charge in [0.15, 0.2) is 0 Å². The number of halogens is 1.